The summed E-state index contributed by atoms with van der Waals surface area (Å²) in [6.45, 7) is 3.37. The summed E-state index contributed by atoms with van der Waals surface area (Å²) in [5, 5.41) is 2.71. The van der Waals surface area contributed by atoms with Gasteiger partial charge in [-0.15, -0.1) is 0 Å². The van der Waals surface area contributed by atoms with Gasteiger partial charge in [-0.1, -0.05) is 42.3 Å². The second-order valence-corrected chi connectivity index (χ2v) is 7.36. The smallest absolute Gasteiger partial charge is 0.410 e. The highest BCUT2D eigenvalue weighted by Gasteiger charge is 2.18. The van der Waals surface area contributed by atoms with Crippen molar-refractivity contribution in [3.63, 3.8) is 0 Å². The lowest BCUT2D eigenvalue weighted by Gasteiger charge is -2.31. The monoisotopic (exact) mass is 385 g/mol. The van der Waals surface area contributed by atoms with Gasteiger partial charge >= 0.3 is 6.09 Å². The van der Waals surface area contributed by atoms with E-state index in [4.69, 9.17) is 4.74 Å². The zero-order chi connectivity index (χ0) is 18.9. The number of nitrogens with zero attached hydrogens (tertiary/aromatic N) is 1. The predicted octanol–water partition coefficient (Wildman–Crippen LogP) is 4.17. The molecule has 3 rings (SSSR count). The molecule has 5 nitrogen and oxygen atoms in total. The quantitative estimate of drug-likeness (QED) is 0.701. The molecule has 1 amide bonds. The second-order valence-electron chi connectivity index (χ2n) is 6.71. The van der Waals surface area contributed by atoms with Crippen LogP contribution < -0.4 is 14.8 Å². The maximum Gasteiger partial charge on any atom is 0.417 e. The first kappa shape index (κ1) is 19.7. The maximum absolute atomic E-state index is 11.9. The van der Waals surface area contributed by atoms with Gasteiger partial charge < -0.3 is 9.64 Å². The van der Waals surface area contributed by atoms with Gasteiger partial charge in [0.05, 0.1) is 0 Å². The third kappa shape index (κ3) is 6.57. The Kier molecular flexibility index (Phi) is 7.56. The van der Waals surface area contributed by atoms with Crippen LogP contribution in [0.25, 0.3) is 0 Å². The fourth-order valence-electron chi connectivity index (χ4n) is 3.22. The summed E-state index contributed by atoms with van der Waals surface area (Å²) in [4.78, 5) is 14.4. The number of anilines is 1. The Morgan fingerprint density at radius 1 is 1.11 bits per heavy atom. The first-order chi connectivity index (χ1) is 13.2. The Bertz CT molecular complexity index is 701. The highest BCUT2D eigenvalue weighted by molar-refractivity contribution is 7.96. The molecule has 0 aromatic heterocycles. The molecule has 0 unspecified atom stereocenters. The molecule has 1 fully saturated rings. The fourth-order valence-corrected chi connectivity index (χ4v) is 3.79. The number of para-hydroxylation sites is 1. The molecule has 0 bridgehead atoms. The number of carbonyl (C=O) groups excluding carboxylic acids is 1. The number of nitrogens with one attached hydrogen (secondary N) is 2. The molecule has 6 heteroatoms. The second kappa shape index (κ2) is 10.3. The predicted molar refractivity (Wildman–Crippen MR) is 112 cm³/mol. The van der Waals surface area contributed by atoms with Crippen molar-refractivity contribution >= 4 is 23.7 Å². The van der Waals surface area contributed by atoms with E-state index in [-0.39, 0.29) is 0 Å². The van der Waals surface area contributed by atoms with Gasteiger partial charge in [0, 0.05) is 18.3 Å². The van der Waals surface area contributed by atoms with E-state index in [2.05, 4.69) is 21.2 Å². The topological polar surface area (TPSA) is 53.6 Å². The molecular weight excluding hydrogens is 358 g/mol. The average Bonchev–Trinajstić information content (AvgIpc) is 2.69. The Labute approximate surface area is 165 Å². The largest absolute Gasteiger partial charge is 0.417 e. The van der Waals surface area contributed by atoms with Crippen LogP contribution in [0.2, 0.25) is 0 Å². The molecule has 2 aromatic carbocycles. The normalized spacial score (nSPS) is 15.4. The van der Waals surface area contributed by atoms with Gasteiger partial charge in [-0.2, -0.15) is 0 Å². The molecule has 2 N–H and O–H groups in total. The number of amides is 1. The van der Waals surface area contributed by atoms with E-state index in [1.165, 1.54) is 18.4 Å². The molecule has 144 valence electrons. The summed E-state index contributed by atoms with van der Waals surface area (Å²) in [6.07, 6.45) is 5.05. The van der Waals surface area contributed by atoms with Crippen molar-refractivity contribution in [1.29, 1.82) is 0 Å². The minimum absolute atomic E-state index is 0.476. The molecule has 1 saturated heterocycles. The molecule has 1 aliphatic rings. The molecule has 0 aliphatic carbocycles. The minimum Gasteiger partial charge on any atom is -0.410 e. The summed E-state index contributed by atoms with van der Waals surface area (Å²) < 4.78 is 8.79. The first-order valence-electron chi connectivity index (χ1n) is 9.36. The molecule has 27 heavy (non-hydrogen) atoms. The van der Waals surface area contributed by atoms with Crippen molar-refractivity contribution in [1.82, 2.24) is 9.62 Å². The van der Waals surface area contributed by atoms with E-state index in [0.29, 0.717) is 11.8 Å². The van der Waals surface area contributed by atoms with Crippen LogP contribution in [-0.4, -0.2) is 42.9 Å². The molecule has 1 heterocycles. The zero-order valence-corrected chi connectivity index (χ0v) is 16.5. The van der Waals surface area contributed by atoms with Crippen LogP contribution in [-0.2, 0) is 6.42 Å². The van der Waals surface area contributed by atoms with E-state index in [9.17, 15) is 4.79 Å². The minimum atomic E-state index is -0.476. The molecule has 1 aliphatic heterocycles. The number of piperidine rings is 1. The van der Waals surface area contributed by atoms with Gasteiger partial charge in [-0.25, -0.2) is 4.79 Å². The molecule has 0 radical (unpaired) electrons. The molecular formula is C21H27N3O2S. The van der Waals surface area contributed by atoms with Crippen molar-refractivity contribution in [3.05, 3.63) is 60.2 Å². The summed E-state index contributed by atoms with van der Waals surface area (Å²) in [5.74, 6) is 0.552. The molecule has 0 saturated carbocycles. The highest BCUT2D eigenvalue weighted by Crippen LogP contribution is 2.16. The third-order valence-corrected chi connectivity index (χ3v) is 5.31. The summed E-state index contributed by atoms with van der Waals surface area (Å²) in [5.41, 5.74) is 1.98. The van der Waals surface area contributed by atoms with Gasteiger partial charge in [-0.05, 0) is 68.4 Å². The molecule has 0 atom stereocenters. The molecule has 0 spiro atoms. The van der Waals surface area contributed by atoms with E-state index in [0.717, 1.165) is 31.7 Å². The third-order valence-electron chi connectivity index (χ3n) is 4.74. The van der Waals surface area contributed by atoms with Crippen LogP contribution in [0, 0.1) is 0 Å². The number of hydrogen-bond acceptors (Lipinski definition) is 5. The average molecular weight is 386 g/mol. The van der Waals surface area contributed by atoms with E-state index in [1.807, 2.05) is 54.6 Å². The number of rotatable bonds is 7. The lowest BCUT2D eigenvalue weighted by atomic mass is 10.1. The highest BCUT2D eigenvalue weighted by atomic mass is 32.2. The Morgan fingerprint density at radius 3 is 2.48 bits per heavy atom. The Balaban J connectivity index is 1.40. The number of hydrogen-bond donors (Lipinski definition) is 2. The lowest BCUT2D eigenvalue weighted by molar-refractivity contribution is 0.211. The van der Waals surface area contributed by atoms with Crippen LogP contribution in [0.15, 0.2) is 54.6 Å². The molecule has 2 aromatic rings. The van der Waals surface area contributed by atoms with E-state index >= 15 is 0 Å². The number of ether oxygens (including phenoxy) is 1. The van der Waals surface area contributed by atoms with Gasteiger partial charge in [0.15, 0.2) is 0 Å². The lowest BCUT2D eigenvalue weighted by Crippen LogP contribution is -2.41. The SMILES string of the molecule is CSNC1CCN(CCc2ccc(OC(=O)Nc3ccccc3)cc2)CC1. The van der Waals surface area contributed by atoms with Crippen LogP contribution >= 0.6 is 11.9 Å². The van der Waals surface area contributed by atoms with Crippen molar-refractivity contribution in [3.8, 4) is 5.75 Å². The van der Waals surface area contributed by atoms with Gasteiger partial charge in [-0.3, -0.25) is 10.0 Å². The van der Waals surface area contributed by atoms with Crippen molar-refractivity contribution < 1.29 is 9.53 Å². The van der Waals surface area contributed by atoms with Crippen molar-refractivity contribution in [2.45, 2.75) is 25.3 Å². The van der Waals surface area contributed by atoms with E-state index < -0.39 is 6.09 Å². The Hall–Kier alpha value is -2.02. The van der Waals surface area contributed by atoms with E-state index in [1.54, 1.807) is 11.9 Å². The van der Waals surface area contributed by atoms with Gasteiger partial charge in [0.25, 0.3) is 0 Å². The number of benzene rings is 2. The Morgan fingerprint density at radius 2 is 1.81 bits per heavy atom. The van der Waals surface area contributed by atoms with Crippen LogP contribution in [0.4, 0.5) is 10.5 Å². The van der Waals surface area contributed by atoms with Crippen LogP contribution in [0.5, 0.6) is 5.75 Å². The van der Waals surface area contributed by atoms with Crippen molar-refractivity contribution in [2.24, 2.45) is 0 Å². The summed E-state index contributed by atoms with van der Waals surface area (Å²) >= 11 is 1.72. The summed E-state index contributed by atoms with van der Waals surface area (Å²) in [6, 6.07) is 17.7. The maximum atomic E-state index is 11.9. The van der Waals surface area contributed by atoms with Crippen LogP contribution in [0.1, 0.15) is 18.4 Å². The first-order valence-corrected chi connectivity index (χ1v) is 10.6. The van der Waals surface area contributed by atoms with Crippen molar-refractivity contribution in [2.75, 3.05) is 31.2 Å². The number of likely N-dealkylation sites (tertiary alicyclic amines) is 1. The van der Waals surface area contributed by atoms with Gasteiger partial charge in [0.1, 0.15) is 5.75 Å². The van der Waals surface area contributed by atoms with Gasteiger partial charge in [0.2, 0.25) is 0 Å². The fraction of sp³-hybridized carbons (Fsp3) is 0.381. The number of carbonyl (C=O) groups is 1. The summed E-state index contributed by atoms with van der Waals surface area (Å²) in [7, 11) is 0. The standard InChI is InChI=1S/C21H27N3O2S/c1-27-23-19-12-15-24(16-13-19)14-11-17-7-9-20(10-8-17)26-21(25)22-18-5-3-2-4-6-18/h2-10,19,23H,11-16H2,1H3,(H,22,25). The zero-order valence-electron chi connectivity index (χ0n) is 15.7. The van der Waals surface area contributed by atoms with Crippen LogP contribution in [0.3, 0.4) is 0 Å².